The van der Waals surface area contributed by atoms with Gasteiger partial charge in [-0.1, -0.05) is 6.07 Å². The van der Waals surface area contributed by atoms with Crippen molar-refractivity contribution in [3.63, 3.8) is 0 Å². The Morgan fingerprint density at radius 3 is 2.88 bits per heavy atom. The van der Waals surface area contributed by atoms with Gasteiger partial charge in [-0.2, -0.15) is 0 Å². The van der Waals surface area contributed by atoms with E-state index in [0.29, 0.717) is 12.1 Å². The molecule has 1 aromatic rings. The van der Waals surface area contributed by atoms with Crippen LogP contribution in [0.4, 0.5) is 5.82 Å². The van der Waals surface area contributed by atoms with E-state index >= 15 is 0 Å². The summed E-state index contributed by atoms with van der Waals surface area (Å²) in [4.78, 5) is 6.81. The van der Waals surface area contributed by atoms with Crippen LogP contribution in [0.25, 0.3) is 0 Å². The van der Waals surface area contributed by atoms with Gasteiger partial charge >= 0.3 is 0 Å². The highest BCUT2D eigenvalue weighted by molar-refractivity contribution is 5.36. The van der Waals surface area contributed by atoms with Gasteiger partial charge in [0, 0.05) is 24.8 Å². The van der Waals surface area contributed by atoms with E-state index in [4.69, 9.17) is 0 Å². The first-order valence-corrected chi connectivity index (χ1v) is 6.04. The third-order valence-corrected chi connectivity index (χ3v) is 3.47. The first-order valence-electron chi connectivity index (χ1n) is 6.04. The Labute approximate surface area is 97.9 Å². The van der Waals surface area contributed by atoms with Gasteiger partial charge in [0.2, 0.25) is 0 Å². The molecule has 2 atom stereocenters. The molecule has 1 N–H and O–H groups in total. The number of aryl methyl sites for hydroxylation is 1. The molecule has 88 valence electrons. The summed E-state index contributed by atoms with van der Waals surface area (Å²) in [5.74, 6) is 1.01. The standard InChI is InChI=1S/C13H21N3/c1-10-4-5-13(14-9-10)15-12-6-7-16(3)11(2)8-12/h4-5,9,11-12H,6-8H2,1-3H3,(H,14,15). The average Bonchev–Trinajstić information content (AvgIpc) is 2.27. The number of anilines is 1. The minimum absolute atomic E-state index is 0.571. The molecule has 2 rings (SSSR count). The van der Waals surface area contributed by atoms with E-state index in [9.17, 15) is 0 Å². The number of rotatable bonds is 2. The van der Waals surface area contributed by atoms with Crippen molar-refractivity contribution >= 4 is 5.82 Å². The van der Waals surface area contributed by atoms with Crippen LogP contribution in [-0.4, -0.2) is 35.6 Å². The summed E-state index contributed by atoms with van der Waals surface area (Å²) in [5, 5.41) is 3.52. The number of hydrogen-bond acceptors (Lipinski definition) is 3. The van der Waals surface area contributed by atoms with Gasteiger partial charge in [-0.25, -0.2) is 4.98 Å². The van der Waals surface area contributed by atoms with Crippen LogP contribution in [0, 0.1) is 6.92 Å². The molecule has 0 amide bonds. The molecule has 2 unspecified atom stereocenters. The van der Waals surface area contributed by atoms with Crippen LogP contribution < -0.4 is 5.32 Å². The molecule has 1 aliphatic heterocycles. The largest absolute Gasteiger partial charge is 0.367 e. The van der Waals surface area contributed by atoms with Gasteiger partial charge in [0.25, 0.3) is 0 Å². The summed E-state index contributed by atoms with van der Waals surface area (Å²) in [7, 11) is 2.20. The molecule has 0 bridgehead atoms. The van der Waals surface area contributed by atoms with E-state index in [2.05, 4.69) is 48.2 Å². The number of nitrogens with one attached hydrogen (secondary N) is 1. The van der Waals surface area contributed by atoms with E-state index in [1.54, 1.807) is 0 Å². The molecule has 0 spiro atoms. The van der Waals surface area contributed by atoms with Crippen LogP contribution in [0.5, 0.6) is 0 Å². The Kier molecular flexibility index (Phi) is 3.44. The molecular weight excluding hydrogens is 198 g/mol. The van der Waals surface area contributed by atoms with Crippen molar-refractivity contribution < 1.29 is 0 Å². The lowest BCUT2D eigenvalue weighted by Crippen LogP contribution is -2.42. The topological polar surface area (TPSA) is 28.2 Å². The minimum Gasteiger partial charge on any atom is -0.367 e. The first kappa shape index (κ1) is 11.4. The van der Waals surface area contributed by atoms with Crippen LogP contribution in [0.1, 0.15) is 25.3 Å². The maximum Gasteiger partial charge on any atom is 0.126 e. The third-order valence-electron chi connectivity index (χ3n) is 3.47. The molecular formula is C13H21N3. The number of pyridine rings is 1. The SMILES string of the molecule is Cc1ccc(NC2CCN(C)C(C)C2)nc1. The summed E-state index contributed by atoms with van der Waals surface area (Å²) >= 11 is 0. The van der Waals surface area contributed by atoms with Gasteiger partial charge in [0.15, 0.2) is 0 Å². The highest BCUT2D eigenvalue weighted by Crippen LogP contribution is 2.18. The molecule has 1 aliphatic rings. The van der Waals surface area contributed by atoms with Gasteiger partial charge in [0.1, 0.15) is 5.82 Å². The van der Waals surface area contributed by atoms with E-state index in [0.717, 1.165) is 5.82 Å². The maximum atomic E-state index is 4.39. The van der Waals surface area contributed by atoms with Crippen LogP contribution in [0.3, 0.4) is 0 Å². The predicted octanol–water partition coefficient (Wildman–Crippen LogP) is 2.28. The number of nitrogens with zero attached hydrogens (tertiary/aromatic N) is 2. The zero-order chi connectivity index (χ0) is 11.5. The molecule has 1 fully saturated rings. The molecule has 1 saturated heterocycles. The van der Waals surface area contributed by atoms with Crippen molar-refractivity contribution in [2.45, 2.75) is 38.8 Å². The van der Waals surface area contributed by atoms with Gasteiger partial charge in [0.05, 0.1) is 0 Å². The zero-order valence-corrected chi connectivity index (χ0v) is 10.4. The quantitative estimate of drug-likeness (QED) is 0.827. The van der Waals surface area contributed by atoms with Crippen molar-refractivity contribution in [1.29, 1.82) is 0 Å². The van der Waals surface area contributed by atoms with Crippen molar-refractivity contribution in [2.24, 2.45) is 0 Å². The van der Waals surface area contributed by atoms with Crippen LogP contribution in [0.2, 0.25) is 0 Å². The fourth-order valence-electron chi connectivity index (χ4n) is 2.18. The molecule has 0 aromatic carbocycles. The summed E-state index contributed by atoms with van der Waals surface area (Å²) in [6.07, 6.45) is 4.32. The third kappa shape index (κ3) is 2.73. The Bertz CT molecular complexity index is 334. The molecule has 0 saturated carbocycles. The van der Waals surface area contributed by atoms with Gasteiger partial charge in [-0.05, 0) is 45.4 Å². The smallest absolute Gasteiger partial charge is 0.126 e. The summed E-state index contributed by atoms with van der Waals surface area (Å²) in [6, 6.07) is 5.41. The number of aromatic nitrogens is 1. The molecule has 3 nitrogen and oxygen atoms in total. The van der Waals surface area contributed by atoms with Gasteiger partial charge < -0.3 is 10.2 Å². The van der Waals surface area contributed by atoms with Gasteiger partial charge in [-0.15, -0.1) is 0 Å². The normalized spacial score (nSPS) is 26.7. The lowest BCUT2D eigenvalue weighted by molar-refractivity contribution is 0.190. The average molecular weight is 219 g/mol. The minimum atomic E-state index is 0.571. The maximum absolute atomic E-state index is 4.39. The fraction of sp³-hybridized carbons (Fsp3) is 0.615. The van der Waals surface area contributed by atoms with Crippen LogP contribution in [0.15, 0.2) is 18.3 Å². The Hall–Kier alpha value is -1.09. The second kappa shape index (κ2) is 4.83. The second-order valence-corrected chi connectivity index (χ2v) is 4.92. The zero-order valence-electron chi connectivity index (χ0n) is 10.4. The molecule has 1 aromatic heterocycles. The van der Waals surface area contributed by atoms with Crippen molar-refractivity contribution in [3.05, 3.63) is 23.9 Å². The Morgan fingerprint density at radius 2 is 2.25 bits per heavy atom. The van der Waals surface area contributed by atoms with Crippen molar-refractivity contribution in [2.75, 3.05) is 18.9 Å². The monoisotopic (exact) mass is 219 g/mol. The fourth-order valence-corrected chi connectivity index (χ4v) is 2.18. The molecule has 0 radical (unpaired) electrons. The van der Waals surface area contributed by atoms with Crippen LogP contribution >= 0.6 is 0 Å². The lowest BCUT2D eigenvalue weighted by atomic mass is 9.99. The summed E-state index contributed by atoms with van der Waals surface area (Å²) in [6.45, 7) is 5.52. The highest BCUT2D eigenvalue weighted by atomic mass is 15.1. The van der Waals surface area contributed by atoms with E-state index in [1.807, 2.05) is 6.20 Å². The molecule has 0 aliphatic carbocycles. The number of piperidine rings is 1. The lowest BCUT2D eigenvalue weighted by Gasteiger charge is -2.35. The van der Waals surface area contributed by atoms with Crippen molar-refractivity contribution in [1.82, 2.24) is 9.88 Å². The molecule has 16 heavy (non-hydrogen) atoms. The van der Waals surface area contributed by atoms with E-state index < -0.39 is 0 Å². The predicted molar refractivity (Wildman–Crippen MR) is 67.7 cm³/mol. The highest BCUT2D eigenvalue weighted by Gasteiger charge is 2.22. The Balaban J connectivity index is 1.93. The second-order valence-electron chi connectivity index (χ2n) is 4.92. The Morgan fingerprint density at radius 1 is 1.44 bits per heavy atom. The first-order chi connectivity index (χ1) is 7.65. The van der Waals surface area contributed by atoms with E-state index in [1.165, 1.54) is 24.9 Å². The summed E-state index contributed by atoms with van der Waals surface area (Å²) < 4.78 is 0. The molecule has 3 heteroatoms. The van der Waals surface area contributed by atoms with Gasteiger partial charge in [-0.3, -0.25) is 0 Å². The molecule has 2 heterocycles. The summed E-state index contributed by atoms with van der Waals surface area (Å²) in [5.41, 5.74) is 1.21. The van der Waals surface area contributed by atoms with Crippen LogP contribution in [-0.2, 0) is 0 Å². The van der Waals surface area contributed by atoms with Crippen molar-refractivity contribution in [3.8, 4) is 0 Å². The number of hydrogen-bond donors (Lipinski definition) is 1. The van der Waals surface area contributed by atoms with E-state index in [-0.39, 0.29) is 0 Å². The number of likely N-dealkylation sites (tertiary alicyclic amines) is 1.